The van der Waals surface area contributed by atoms with Gasteiger partial charge in [0.2, 0.25) is 5.91 Å². The van der Waals surface area contributed by atoms with Gasteiger partial charge in [-0.25, -0.2) is 4.79 Å². The fourth-order valence-corrected chi connectivity index (χ4v) is 3.64. The van der Waals surface area contributed by atoms with E-state index in [4.69, 9.17) is 10.8 Å². The molecule has 134 valence electrons. The highest BCUT2D eigenvalue weighted by atomic mass is 16.4. The number of nitrogens with zero attached hydrogens (tertiary/aromatic N) is 2. The van der Waals surface area contributed by atoms with Gasteiger partial charge in [0, 0.05) is 19.4 Å². The van der Waals surface area contributed by atoms with Gasteiger partial charge in [0.15, 0.2) is 0 Å². The third-order valence-electron chi connectivity index (χ3n) is 4.69. The first-order chi connectivity index (χ1) is 11.2. The first kappa shape index (κ1) is 18.1. The second kappa shape index (κ2) is 6.73. The van der Waals surface area contributed by atoms with Crippen LogP contribution in [0.25, 0.3) is 0 Å². The van der Waals surface area contributed by atoms with Crippen LogP contribution in [0.3, 0.4) is 0 Å². The second-order valence-electron chi connectivity index (χ2n) is 6.07. The van der Waals surface area contributed by atoms with Crippen molar-refractivity contribution in [3.05, 3.63) is 0 Å². The maximum atomic E-state index is 12.9. The molecule has 0 aliphatic carbocycles. The van der Waals surface area contributed by atoms with Gasteiger partial charge in [0.05, 0.1) is 6.54 Å². The molecule has 10 nitrogen and oxygen atoms in total. The van der Waals surface area contributed by atoms with E-state index in [1.165, 1.54) is 4.90 Å². The van der Waals surface area contributed by atoms with E-state index in [0.717, 1.165) is 4.90 Å². The summed E-state index contributed by atoms with van der Waals surface area (Å²) in [6, 6.07) is -1.46. The van der Waals surface area contributed by atoms with Crippen LogP contribution in [0.15, 0.2) is 0 Å². The summed E-state index contributed by atoms with van der Waals surface area (Å²) >= 11 is 0. The fraction of sp³-hybridized carbons (Fsp3) is 0.714. The summed E-state index contributed by atoms with van der Waals surface area (Å²) in [4.78, 5) is 49.2. The minimum atomic E-state index is -1.46. The number of rotatable bonds is 6. The molecule has 0 bridgehead atoms. The third kappa shape index (κ3) is 2.94. The first-order valence-electron chi connectivity index (χ1n) is 7.70. The number of aliphatic hydroxyl groups is 1. The Bertz CT molecular complexity index is 567. The predicted molar refractivity (Wildman–Crippen MR) is 78.5 cm³/mol. The van der Waals surface area contributed by atoms with Crippen molar-refractivity contribution in [2.24, 2.45) is 5.73 Å². The lowest BCUT2D eigenvalue weighted by atomic mass is 9.93. The second-order valence-corrected chi connectivity index (χ2v) is 6.07. The molecule has 1 unspecified atom stereocenters. The van der Waals surface area contributed by atoms with Crippen LogP contribution in [-0.4, -0.2) is 79.8 Å². The lowest BCUT2D eigenvalue weighted by molar-refractivity contribution is -0.158. The Morgan fingerprint density at radius 1 is 1.33 bits per heavy atom. The first-order valence-corrected chi connectivity index (χ1v) is 7.70. The molecule has 5 N–H and O–H groups in total. The highest BCUT2D eigenvalue weighted by molar-refractivity contribution is 5.96. The number of carbonyl (C=O) groups excluding carboxylic acids is 2. The van der Waals surface area contributed by atoms with Gasteiger partial charge in [0.1, 0.15) is 17.8 Å². The number of aliphatic carboxylic acids is 2. The van der Waals surface area contributed by atoms with Gasteiger partial charge in [-0.1, -0.05) is 0 Å². The summed E-state index contributed by atoms with van der Waals surface area (Å²) in [6.07, 6.45) is -1.41. The van der Waals surface area contributed by atoms with E-state index in [9.17, 15) is 29.4 Å². The molecule has 0 saturated carbocycles. The monoisotopic (exact) mass is 343 g/mol. The number of amides is 2. The van der Waals surface area contributed by atoms with Gasteiger partial charge in [-0.15, -0.1) is 0 Å². The van der Waals surface area contributed by atoms with E-state index in [0.29, 0.717) is 19.4 Å². The largest absolute Gasteiger partial charge is 0.481 e. The molecule has 10 heteroatoms. The number of carboxylic acid groups (broad SMARTS) is 2. The molecule has 2 fully saturated rings. The molecule has 24 heavy (non-hydrogen) atoms. The van der Waals surface area contributed by atoms with E-state index in [1.54, 1.807) is 0 Å². The van der Waals surface area contributed by atoms with Crippen LogP contribution in [0, 0.1) is 0 Å². The van der Waals surface area contributed by atoms with Crippen LogP contribution in [0.5, 0.6) is 0 Å². The molecular weight excluding hydrogens is 322 g/mol. The molecule has 2 saturated heterocycles. The van der Waals surface area contributed by atoms with Crippen molar-refractivity contribution in [1.29, 1.82) is 0 Å². The molecule has 0 aromatic rings. The number of carboxylic acids is 2. The summed E-state index contributed by atoms with van der Waals surface area (Å²) in [7, 11) is 0. The SMILES string of the molecule is NCC(=O)N1CCCC12C[C@@H](O)N([C@@H](CCC(=O)O)C(=O)O)C2=O. The van der Waals surface area contributed by atoms with Crippen molar-refractivity contribution in [2.45, 2.75) is 49.9 Å². The smallest absolute Gasteiger partial charge is 0.326 e. The molecule has 0 aromatic heterocycles. The molecule has 0 aromatic carbocycles. The van der Waals surface area contributed by atoms with Gasteiger partial charge in [-0.3, -0.25) is 14.4 Å². The van der Waals surface area contributed by atoms with Crippen LogP contribution in [0.2, 0.25) is 0 Å². The van der Waals surface area contributed by atoms with Crippen LogP contribution in [0.4, 0.5) is 0 Å². The molecular formula is C14H21N3O7. The van der Waals surface area contributed by atoms with Crippen molar-refractivity contribution in [3.63, 3.8) is 0 Å². The van der Waals surface area contributed by atoms with E-state index in [-0.39, 0.29) is 19.4 Å². The molecule has 3 atom stereocenters. The van der Waals surface area contributed by atoms with Crippen molar-refractivity contribution in [1.82, 2.24) is 9.80 Å². The minimum absolute atomic E-state index is 0.103. The minimum Gasteiger partial charge on any atom is -0.481 e. The van der Waals surface area contributed by atoms with Crippen molar-refractivity contribution >= 4 is 23.8 Å². The van der Waals surface area contributed by atoms with Gasteiger partial charge >= 0.3 is 11.9 Å². The van der Waals surface area contributed by atoms with Crippen molar-refractivity contribution in [2.75, 3.05) is 13.1 Å². The zero-order valence-electron chi connectivity index (χ0n) is 13.1. The number of aliphatic hydroxyl groups excluding tert-OH is 1. The van der Waals surface area contributed by atoms with E-state index >= 15 is 0 Å². The van der Waals surface area contributed by atoms with Crippen LogP contribution < -0.4 is 5.73 Å². The summed E-state index contributed by atoms with van der Waals surface area (Å²) < 4.78 is 0. The normalized spacial score (nSPS) is 27.8. The lowest BCUT2D eigenvalue weighted by Crippen LogP contribution is -2.56. The van der Waals surface area contributed by atoms with Gasteiger partial charge in [-0.2, -0.15) is 0 Å². The number of carbonyl (C=O) groups is 4. The third-order valence-corrected chi connectivity index (χ3v) is 4.69. The number of nitrogens with two attached hydrogens (primary N) is 1. The average molecular weight is 343 g/mol. The Morgan fingerprint density at radius 2 is 2.00 bits per heavy atom. The maximum Gasteiger partial charge on any atom is 0.326 e. The highest BCUT2D eigenvalue weighted by Crippen LogP contribution is 2.42. The molecule has 0 radical (unpaired) electrons. The van der Waals surface area contributed by atoms with E-state index < -0.39 is 48.0 Å². The summed E-state index contributed by atoms with van der Waals surface area (Å²) in [5.74, 6) is -3.69. The Labute approximate surface area is 137 Å². The number of hydrogen-bond acceptors (Lipinski definition) is 6. The zero-order chi connectivity index (χ0) is 18.1. The summed E-state index contributed by atoms with van der Waals surface area (Å²) in [6.45, 7) is 0.0295. The van der Waals surface area contributed by atoms with Gasteiger partial charge in [0.25, 0.3) is 5.91 Å². The van der Waals surface area contributed by atoms with Gasteiger partial charge in [-0.05, 0) is 19.3 Å². The highest BCUT2D eigenvalue weighted by Gasteiger charge is 2.60. The number of likely N-dealkylation sites (tertiary alicyclic amines) is 2. The zero-order valence-corrected chi connectivity index (χ0v) is 13.1. The average Bonchev–Trinajstić information content (AvgIpc) is 3.03. The van der Waals surface area contributed by atoms with Crippen molar-refractivity contribution in [3.8, 4) is 0 Å². The standard InChI is InChI=1S/C14H21N3O7/c15-7-10(19)16-5-1-4-14(16)6-9(18)17(13(14)24)8(12(22)23)2-3-11(20)21/h8-9,18H,1-7,15H2,(H,20,21)(H,22,23)/t8-,9+,14?/m0/s1. The summed E-state index contributed by atoms with van der Waals surface area (Å²) in [5.41, 5.74) is 4.08. The Morgan fingerprint density at radius 3 is 2.54 bits per heavy atom. The predicted octanol–water partition coefficient (Wildman–Crippen LogP) is -1.82. The Kier molecular flexibility index (Phi) is 5.09. The van der Waals surface area contributed by atoms with Crippen LogP contribution in [-0.2, 0) is 19.2 Å². The van der Waals surface area contributed by atoms with Crippen LogP contribution >= 0.6 is 0 Å². The van der Waals surface area contributed by atoms with Crippen molar-refractivity contribution < 1.29 is 34.5 Å². The topological polar surface area (TPSA) is 161 Å². The molecule has 2 amide bonds. The molecule has 2 aliphatic heterocycles. The lowest BCUT2D eigenvalue weighted by Gasteiger charge is -2.34. The van der Waals surface area contributed by atoms with Crippen LogP contribution in [0.1, 0.15) is 32.1 Å². The summed E-state index contributed by atoms with van der Waals surface area (Å²) in [5, 5.41) is 28.3. The Balaban J connectivity index is 2.29. The fourth-order valence-electron chi connectivity index (χ4n) is 3.64. The molecule has 1 spiro atoms. The Hall–Kier alpha value is -2.20. The molecule has 2 aliphatic rings. The quantitative estimate of drug-likeness (QED) is 0.438. The van der Waals surface area contributed by atoms with Gasteiger partial charge < -0.3 is 30.9 Å². The van der Waals surface area contributed by atoms with E-state index in [1.807, 2.05) is 0 Å². The maximum absolute atomic E-state index is 12.9. The van der Waals surface area contributed by atoms with E-state index in [2.05, 4.69) is 0 Å². The number of hydrogen-bond donors (Lipinski definition) is 4. The molecule has 2 rings (SSSR count). The molecule has 2 heterocycles.